The average Bonchev–Trinajstić information content (AvgIpc) is 2.95. The van der Waals surface area contributed by atoms with Crippen molar-refractivity contribution in [1.29, 1.82) is 0 Å². The lowest BCUT2D eigenvalue weighted by Gasteiger charge is -2.18. The Labute approximate surface area is 115 Å². The van der Waals surface area contributed by atoms with E-state index in [4.69, 9.17) is 5.11 Å². The molecule has 2 unspecified atom stereocenters. The monoisotopic (exact) mass is 305 g/mol. The van der Waals surface area contributed by atoms with Gasteiger partial charge >= 0.3 is 5.97 Å². The summed E-state index contributed by atoms with van der Waals surface area (Å²) in [4.78, 5) is 10.9. The predicted octanol–water partition coefficient (Wildman–Crippen LogP) is 0.670. The molecule has 2 atom stereocenters. The summed E-state index contributed by atoms with van der Waals surface area (Å²) in [5.74, 6) is -1.32. The van der Waals surface area contributed by atoms with Gasteiger partial charge in [-0.2, -0.15) is 16.9 Å². The Bertz CT molecular complexity index is 569. The highest BCUT2D eigenvalue weighted by molar-refractivity contribution is 7.99. The molecule has 1 saturated carbocycles. The summed E-state index contributed by atoms with van der Waals surface area (Å²) in [5.41, 5.74) is -0.341. The van der Waals surface area contributed by atoms with Crippen molar-refractivity contribution in [3.05, 3.63) is 11.8 Å². The van der Waals surface area contributed by atoms with Gasteiger partial charge in [-0.25, -0.2) is 17.9 Å². The van der Waals surface area contributed by atoms with E-state index in [1.807, 2.05) is 6.26 Å². The minimum absolute atomic E-state index is 0.162. The number of aromatic nitrogens is 2. The number of H-pyrrole nitrogens is 1. The Morgan fingerprint density at radius 2 is 2.32 bits per heavy atom. The van der Waals surface area contributed by atoms with Crippen molar-refractivity contribution in [1.82, 2.24) is 14.9 Å². The van der Waals surface area contributed by atoms with Crippen LogP contribution in [0.3, 0.4) is 0 Å². The summed E-state index contributed by atoms with van der Waals surface area (Å²) in [5, 5.41) is 14.5. The number of hydrogen-bond acceptors (Lipinski definition) is 5. The zero-order valence-corrected chi connectivity index (χ0v) is 11.9. The van der Waals surface area contributed by atoms with Gasteiger partial charge in [0.05, 0.1) is 6.20 Å². The van der Waals surface area contributed by atoms with Crippen molar-refractivity contribution >= 4 is 27.8 Å². The standard InChI is InChI=1S/C10H15N3O4S2/c1-18-8-4-2-3-7(8)13-19(16,17)9-6(10(14)15)5-11-12-9/h5,7-8,13H,2-4H2,1H3,(H,11,12)(H,14,15). The van der Waals surface area contributed by atoms with Crippen molar-refractivity contribution in [2.45, 2.75) is 35.6 Å². The predicted molar refractivity (Wildman–Crippen MR) is 70.8 cm³/mol. The summed E-state index contributed by atoms with van der Waals surface area (Å²) >= 11 is 1.62. The van der Waals surface area contributed by atoms with Crippen molar-refractivity contribution in [3.63, 3.8) is 0 Å². The number of nitrogens with one attached hydrogen (secondary N) is 2. The lowest BCUT2D eigenvalue weighted by molar-refractivity contribution is 0.0692. The van der Waals surface area contributed by atoms with Gasteiger partial charge in [0.2, 0.25) is 0 Å². The molecule has 0 bridgehead atoms. The van der Waals surface area contributed by atoms with E-state index < -0.39 is 16.0 Å². The van der Waals surface area contributed by atoms with Crippen LogP contribution in [0.15, 0.2) is 11.2 Å². The van der Waals surface area contributed by atoms with E-state index in [9.17, 15) is 13.2 Å². The van der Waals surface area contributed by atoms with Gasteiger partial charge in [0, 0.05) is 11.3 Å². The third-order valence-corrected chi connectivity index (χ3v) is 5.80. The third kappa shape index (κ3) is 2.93. The Kier molecular flexibility index (Phi) is 4.16. The van der Waals surface area contributed by atoms with Gasteiger partial charge in [-0.15, -0.1) is 0 Å². The number of carboxylic acid groups (broad SMARTS) is 1. The highest BCUT2D eigenvalue weighted by atomic mass is 32.2. The molecule has 1 aromatic heterocycles. The van der Waals surface area contributed by atoms with Crippen molar-refractivity contribution in [3.8, 4) is 0 Å². The number of rotatable bonds is 5. The van der Waals surface area contributed by atoms with Gasteiger partial charge in [0.1, 0.15) is 5.56 Å². The Balaban J connectivity index is 2.23. The van der Waals surface area contributed by atoms with E-state index >= 15 is 0 Å². The molecule has 0 radical (unpaired) electrons. The molecule has 2 rings (SSSR count). The molecule has 0 aromatic carbocycles. The van der Waals surface area contributed by atoms with Crippen molar-refractivity contribution in [2.75, 3.05) is 6.26 Å². The first-order chi connectivity index (χ1) is 8.95. The molecule has 0 amide bonds. The van der Waals surface area contributed by atoms with Crippen LogP contribution in [0.5, 0.6) is 0 Å². The van der Waals surface area contributed by atoms with E-state index in [-0.39, 0.29) is 21.9 Å². The third-order valence-electron chi connectivity index (χ3n) is 3.17. The van der Waals surface area contributed by atoms with Crippen LogP contribution in [0.4, 0.5) is 0 Å². The normalized spacial score (nSPS) is 23.6. The van der Waals surface area contributed by atoms with Crippen LogP contribution in [0, 0.1) is 0 Å². The number of aromatic amines is 1. The van der Waals surface area contributed by atoms with E-state index in [1.54, 1.807) is 11.8 Å². The topological polar surface area (TPSA) is 112 Å². The van der Waals surface area contributed by atoms with E-state index in [1.165, 1.54) is 0 Å². The first kappa shape index (κ1) is 14.4. The Morgan fingerprint density at radius 1 is 1.58 bits per heavy atom. The van der Waals surface area contributed by atoms with Crippen LogP contribution in [-0.4, -0.2) is 47.2 Å². The quantitative estimate of drug-likeness (QED) is 0.737. The van der Waals surface area contributed by atoms with Crippen LogP contribution >= 0.6 is 11.8 Å². The first-order valence-electron chi connectivity index (χ1n) is 5.77. The number of aromatic carboxylic acids is 1. The molecular formula is C10H15N3O4S2. The molecule has 0 spiro atoms. The molecule has 0 saturated heterocycles. The highest BCUT2D eigenvalue weighted by Crippen LogP contribution is 2.29. The molecule has 19 heavy (non-hydrogen) atoms. The van der Waals surface area contributed by atoms with Crippen molar-refractivity contribution in [2.24, 2.45) is 0 Å². The van der Waals surface area contributed by atoms with Crippen LogP contribution in [-0.2, 0) is 10.0 Å². The summed E-state index contributed by atoms with van der Waals surface area (Å²) in [6, 6.07) is -0.162. The molecule has 0 aliphatic heterocycles. The summed E-state index contributed by atoms with van der Waals surface area (Å²) < 4.78 is 26.9. The zero-order chi connectivity index (χ0) is 14.0. The largest absolute Gasteiger partial charge is 0.478 e. The molecule has 1 fully saturated rings. The van der Waals surface area contributed by atoms with Gasteiger partial charge in [-0.1, -0.05) is 6.42 Å². The summed E-state index contributed by atoms with van der Waals surface area (Å²) in [7, 11) is -3.88. The number of carboxylic acids is 1. The average molecular weight is 305 g/mol. The molecule has 3 N–H and O–H groups in total. The molecule has 1 aromatic rings. The molecule has 106 valence electrons. The van der Waals surface area contributed by atoms with Gasteiger partial charge in [0.25, 0.3) is 10.0 Å². The summed E-state index contributed by atoms with van der Waals surface area (Å²) in [6.45, 7) is 0. The number of sulfonamides is 1. The number of hydrogen-bond donors (Lipinski definition) is 3. The smallest absolute Gasteiger partial charge is 0.340 e. The maximum absolute atomic E-state index is 12.2. The van der Waals surface area contributed by atoms with Gasteiger partial charge in [-0.05, 0) is 19.1 Å². The van der Waals surface area contributed by atoms with Gasteiger partial charge in [0.15, 0.2) is 5.03 Å². The number of thioether (sulfide) groups is 1. The Hall–Kier alpha value is -1.06. The van der Waals surface area contributed by atoms with E-state index in [0.29, 0.717) is 0 Å². The highest BCUT2D eigenvalue weighted by Gasteiger charge is 2.33. The fraction of sp³-hybridized carbons (Fsp3) is 0.600. The SMILES string of the molecule is CSC1CCCC1NS(=O)(=O)c1[nH]ncc1C(=O)O. The Morgan fingerprint density at radius 3 is 2.95 bits per heavy atom. The number of nitrogens with zero attached hydrogens (tertiary/aromatic N) is 1. The van der Waals surface area contributed by atoms with Crippen molar-refractivity contribution < 1.29 is 18.3 Å². The van der Waals surface area contributed by atoms with E-state index in [2.05, 4.69) is 14.9 Å². The number of carbonyl (C=O) groups is 1. The first-order valence-corrected chi connectivity index (χ1v) is 8.54. The van der Waals surface area contributed by atoms with Crippen LogP contribution in [0.25, 0.3) is 0 Å². The van der Waals surface area contributed by atoms with Gasteiger partial charge in [-0.3, -0.25) is 5.10 Å². The lowest BCUT2D eigenvalue weighted by Crippen LogP contribution is -2.39. The molecule has 7 nitrogen and oxygen atoms in total. The fourth-order valence-electron chi connectivity index (χ4n) is 2.23. The zero-order valence-electron chi connectivity index (χ0n) is 10.3. The van der Waals surface area contributed by atoms with E-state index in [0.717, 1.165) is 25.5 Å². The maximum atomic E-state index is 12.2. The minimum Gasteiger partial charge on any atom is -0.478 e. The molecular weight excluding hydrogens is 290 g/mol. The second-order valence-corrected chi connectivity index (χ2v) is 7.08. The summed E-state index contributed by atoms with van der Waals surface area (Å²) in [6.07, 6.45) is 5.63. The molecule has 1 aliphatic carbocycles. The molecule has 1 aliphatic rings. The van der Waals surface area contributed by atoms with Crippen LogP contribution < -0.4 is 4.72 Å². The fourth-order valence-corrected chi connectivity index (χ4v) is 4.65. The second kappa shape index (κ2) is 5.51. The second-order valence-electron chi connectivity index (χ2n) is 4.35. The van der Waals surface area contributed by atoms with Crippen LogP contribution in [0.1, 0.15) is 29.6 Å². The molecule has 9 heteroatoms. The van der Waals surface area contributed by atoms with Gasteiger partial charge < -0.3 is 5.11 Å². The maximum Gasteiger partial charge on any atom is 0.340 e. The lowest BCUT2D eigenvalue weighted by atomic mass is 10.3. The van der Waals surface area contributed by atoms with Crippen LogP contribution in [0.2, 0.25) is 0 Å². The minimum atomic E-state index is -3.88. The molecule has 1 heterocycles.